The van der Waals surface area contributed by atoms with Crippen LogP contribution in [-0.2, 0) is 14.3 Å². The van der Waals surface area contributed by atoms with Crippen LogP contribution in [0.25, 0.3) is 0 Å². The van der Waals surface area contributed by atoms with Gasteiger partial charge in [0, 0.05) is 32.3 Å². The molecule has 0 aromatic carbocycles. The van der Waals surface area contributed by atoms with E-state index in [4.69, 9.17) is 14.6 Å². The Morgan fingerprint density at radius 3 is 2.32 bits per heavy atom. The number of carbonyl (C=O) groups is 2. The summed E-state index contributed by atoms with van der Waals surface area (Å²) in [5, 5.41) is 7.12. The van der Waals surface area contributed by atoms with Crippen molar-refractivity contribution < 1.29 is 32.6 Å². The first-order valence-electron chi connectivity index (χ1n) is 8.09. The molecule has 0 aliphatic carbocycles. The Bertz CT molecular complexity index is 484. The summed E-state index contributed by atoms with van der Waals surface area (Å²) in [4.78, 5) is 25.3. The van der Waals surface area contributed by atoms with Gasteiger partial charge in [0.2, 0.25) is 5.91 Å². The Morgan fingerprint density at radius 2 is 1.84 bits per heavy atom. The fourth-order valence-electron chi connectivity index (χ4n) is 3.44. The first kappa shape index (κ1) is 21.4. The van der Waals surface area contributed by atoms with Gasteiger partial charge < -0.3 is 14.7 Å². The van der Waals surface area contributed by atoms with Crippen LogP contribution in [-0.4, -0.2) is 78.4 Å². The maximum atomic E-state index is 12.0. The van der Waals surface area contributed by atoms with Crippen LogP contribution in [0.4, 0.5) is 13.2 Å². The molecular formula is C16H25F3N2O4. The standard InChI is InChI=1S/C14H24N2O2.C2HF3O2/c1-3-8-16-10-5-7-14(16)6-4-9-15(12-14)13(17)11-18-2;3-2(4,5)1(6)7/h3H,1,4-12H2,2H3;(H,6,7). The highest BCUT2D eigenvalue weighted by Gasteiger charge is 2.44. The summed E-state index contributed by atoms with van der Waals surface area (Å²) in [5.74, 6) is -2.63. The number of hydrogen-bond acceptors (Lipinski definition) is 4. The molecule has 1 amide bonds. The lowest BCUT2D eigenvalue weighted by molar-refractivity contribution is -0.192. The average Bonchev–Trinajstić information content (AvgIpc) is 2.90. The van der Waals surface area contributed by atoms with Crippen molar-refractivity contribution in [2.45, 2.75) is 37.4 Å². The molecule has 2 heterocycles. The zero-order valence-corrected chi connectivity index (χ0v) is 14.3. The van der Waals surface area contributed by atoms with Crippen LogP contribution in [0.1, 0.15) is 25.7 Å². The number of alkyl halides is 3. The average molecular weight is 366 g/mol. The number of hydrogen-bond donors (Lipinski definition) is 1. The molecule has 144 valence electrons. The molecule has 0 aromatic rings. The Hall–Kier alpha value is -1.61. The van der Waals surface area contributed by atoms with Gasteiger partial charge in [-0.25, -0.2) is 4.79 Å². The van der Waals surface area contributed by atoms with E-state index >= 15 is 0 Å². The molecule has 2 aliphatic heterocycles. The van der Waals surface area contributed by atoms with Crippen LogP contribution in [0.3, 0.4) is 0 Å². The third-order valence-corrected chi connectivity index (χ3v) is 4.51. The molecule has 0 saturated carbocycles. The lowest BCUT2D eigenvalue weighted by atomic mass is 9.86. The lowest BCUT2D eigenvalue weighted by Gasteiger charge is -2.45. The molecule has 2 fully saturated rings. The number of nitrogens with zero attached hydrogens (tertiary/aromatic N) is 2. The summed E-state index contributed by atoms with van der Waals surface area (Å²) in [5.41, 5.74) is 0.204. The Labute approximate surface area is 145 Å². The molecule has 1 N–H and O–H groups in total. The van der Waals surface area contributed by atoms with Gasteiger partial charge >= 0.3 is 12.1 Å². The van der Waals surface area contributed by atoms with Crippen molar-refractivity contribution in [2.24, 2.45) is 0 Å². The highest BCUT2D eigenvalue weighted by atomic mass is 19.4. The first-order chi connectivity index (χ1) is 11.7. The van der Waals surface area contributed by atoms with E-state index in [9.17, 15) is 18.0 Å². The summed E-state index contributed by atoms with van der Waals surface area (Å²) in [7, 11) is 1.58. The Morgan fingerprint density at radius 1 is 1.28 bits per heavy atom. The van der Waals surface area contributed by atoms with Crippen LogP contribution in [0.2, 0.25) is 0 Å². The van der Waals surface area contributed by atoms with E-state index in [1.165, 1.54) is 19.3 Å². The van der Waals surface area contributed by atoms with Crippen molar-refractivity contribution in [1.82, 2.24) is 9.80 Å². The molecule has 1 atom stereocenters. The number of piperidine rings is 1. The topological polar surface area (TPSA) is 70.1 Å². The van der Waals surface area contributed by atoms with E-state index in [1.807, 2.05) is 11.0 Å². The third-order valence-electron chi connectivity index (χ3n) is 4.51. The molecule has 2 rings (SSSR count). The smallest absolute Gasteiger partial charge is 0.475 e. The van der Waals surface area contributed by atoms with Gasteiger partial charge in [-0.15, -0.1) is 6.58 Å². The number of carboxylic acid groups (broad SMARTS) is 1. The van der Waals surface area contributed by atoms with Crippen molar-refractivity contribution in [3.63, 3.8) is 0 Å². The van der Waals surface area contributed by atoms with Gasteiger partial charge in [0.25, 0.3) is 0 Å². The normalized spacial score (nSPS) is 23.9. The molecule has 1 unspecified atom stereocenters. The number of rotatable bonds is 4. The van der Waals surface area contributed by atoms with Crippen molar-refractivity contribution in [3.8, 4) is 0 Å². The summed E-state index contributed by atoms with van der Waals surface area (Å²) < 4.78 is 36.7. The van der Waals surface area contributed by atoms with Gasteiger partial charge in [-0.3, -0.25) is 9.69 Å². The van der Waals surface area contributed by atoms with E-state index in [1.54, 1.807) is 7.11 Å². The van der Waals surface area contributed by atoms with E-state index in [2.05, 4.69) is 11.5 Å². The summed E-state index contributed by atoms with van der Waals surface area (Å²) in [6, 6.07) is 0. The number of carboxylic acids is 1. The van der Waals surface area contributed by atoms with Crippen molar-refractivity contribution in [2.75, 3.05) is 39.9 Å². The maximum Gasteiger partial charge on any atom is 0.490 e. The van der Waals surface area contributed by atoms with Crippen LogP contribution < -0.4 is 0 Å². The number of aliphatic carboxylic acids is 1. The second-order valence-corrected chi connectivity index (χ2v) is 6.22. The summed E-state index contributed by atoms with van der Waals surface area (Å²) >= 11 is 0. The van der Waals surface area contributed by atoms with Gasteiger partial charge in [0.05, 0.1) is 0 Å². The molecule has 9 heteroatoms. The predicted molar refractivity (Wildman–Crippen MR) is 85.1 cm³/mol. The van der Waals surface area contributed by atoms with E-state index in [-0.39, 0.29) is 18.1 Å². The zero-order valence-electron chi connectivity index (χ0n) is 14.3. The maximum absolute atomic E-state index is 12.0. The molecule has 0 aromatic heterocycles. The van der Waals surface area contributed by atoms with Crippen LogP contribution in [0.5, 0.6) is 0 Å². The number of likely N-dealkylation sites (tertiary alicyclic amines) is 2. The molecule has 6 nitrogen and oxygen atoms in total. The molecule has 25 heavy (non-hydrogen) atoms. The molecule has 0 radical (unpaired) electrons. The van der Waals surface area contributed by atoms with Crippen molar-refractivity contribution >= 4 is 11.9 Å². The first-order valence-corrected chi connectivity index (χ1v) is 8.09. The molecule has 2 aliphatic rings. The number of methoxy groups -OCH3 is 1. The second-order valence-electron chi connectivity index (χ2n) is 6.22. The minimum atomic E-state index is -5.08. The van der Waals surface area contributed by atoms with Gasteiger partial charge in [-0.2, -0.15) is 13.2 Å². The predicted octanol–water partition coefficient (Wildman–Crippen LogP) is 1.91. The van der Waals surface area contributed by atoms with E-state index < -0.39 is 12.1 Å². The fourth-order valence-corrected chi connectivity index (χ4v) is 3.44. The minimum Gasteiger partial charge on any atom is -0.475 e. The van der Waals surface area contributed by atoms with Crippen molar-refractivity contribution in [3.05, 3.63) is 12.7 Å². The number of carbonyl (C=O) groups excluding carboxylic acids is 1. The van der Waals surface area contributed by atoms with E-state index in [0.717, 1.165) is 32.6 Å². The number of amides is 1. The van der Waals surface area contributed by atoms with Crippen molar-refractivity contribution in [1.29, 1.82) is 0 Å². The SMILES string of the molecule is C=CCN1CCCC12CCCN(C(=O)COC)C2.O=C(O)C(F)(F)F. The van der Waals surface area contributed by atoms with Crippen LogP contribution >= 0.6 is 0 Å². The highest BCUT2D eigenvalue weighted by molar-refractivity contribution is 5.77. The summed E-state index contributed by atoms with van der Waals surface area (Å²) in [6.45, 7) is 7.87. The summed E-state index contributed by atoms with van der Waals surface area (Å²) in [6.07, 6.45) is 1.64. The number of ether oxygens (including phenoxy) is 1. The van der Waals surface area contributed by atoms with E-state index in [0.29, 0.717) is 0 Å². The van der Waals surface area contributed by atoms with Gasteiger partial charge in [0.1, 0.15) is 6.61 Å². The van der Waals surface area contributed by atoms with Gasteiger partial charge in [0.15, 0.2) is 0 Å². The molecule has 0 bridgehead atoms. The van der Waals surface area contributed by atoms with Crippen LogP contribution in [0.15, 0.2) is 12.7 Å². The number of halogens is 3. The Balaban J connectivity index is 0.000000381. The monoisotopic (exact) mass is 366 g/mol. The molecular weight excluding hydrogens is 341 g/mol. The van der Waals surface area contributed by atoms with Crippen LogP contribution in [0, 0.1) is 0 Å². The van der Waals surface area contributed by atoms with Gasteiger partial charge in [-0.1, -0.05) is 6.08 Å². The third kappa shape index (κ3) is 6.00. The molecule has 1 spiro atoms. The Kier molecular flexibility index (Phi) is 7.88. The lowest BCUT2D eigenvalue weighted by Crippen LogP contribution is -2.57. The minimum absolute atomic E-state index is 0.127. The molecule has 2 saturated heterocycles. The highest BCUT2D eigenvalue weighted by Crippen LogP contribution is 2.37. The largest absolute Gasteiger partial charge is 0.490 e. The zero-order chi connectivity index (χ0) is 19.1. The second kappa shape index (κ2) is 9.19. The quantitative estimate of drug-likeness (QED) is 0.770. The van der Waals surface area contributed by atoms with Gasteiger partial charge in [-0.05, 0) is 32.2 Å². The fraction of sp³-hybridized carbons (Fsp3) is 0.750.